The van der Waals surface area contributed by atoms with Crippen LogP contribution in [0.2, 0.25) is 0 Å². The van der Waals surface area contributed by atoms with Crippen molar-refractivity contribution < 1.29 is 4.74 Å². The quantitative estimate of drug-likeness (QED) is 0.737. The van der Waals surface area contributed by atoms with Crippen molar-refractivity contribution in [3.05, 3.63) is 52.3 Å². The van der Waals surface area contributed by atoms with Crippen LogP contribution in [0.4, 0.5) is 0 Å². The van der Waals surface area contributed by atoms with Gasteiger partial charge in [-0.05, 0) is 5.56 Å². The molecule has 0 fully saturated rings. The van der Waals surface area contributed by atoms with E-state index in [1.807, 2.05) is 18.2 Å². The number of hydrogen-bond donors (Lipinski definition) is 1. The minimum Gasteiger partial charge on any atom is -0.377 e. The van der Waals surface area contributed by atoms with Gasteiger partial charge in [0.1, 0.15) is 17.3 Å². The maximum absolute atomic E-state index is 5.78. The van der Waals surface area contributed by atoms with Crippen molar-refractivity contribution >= 4 is 11.3 Å². The third-order valence-electron chi connectivity index (χ3n) is 3.16. The molecule has 3 aromatic rings. The predicted octanol–water partition coefficient (Wildman–Crippen LogP) is 1.31. The Morgan fingerprint density at radius 3 is 2.73 bits per heavy atom. The Labute approximate surface area is 131 Å². The molecule has 22 heavy (non-hydrogen) atoms. The lowest BCUT2D eigenvalue weighted by atomic mass is 10.1. The molecule has 0 aliphatic rings. The molecule has 1 aromatic carbocycles. The lowest BCUT2D eigenvalue weighted by Crippen LogP contribution is -2.07. The van der Waals surface area contributed by atoms with Crippen LogP contribution in [-0.2, 0) is 24.3 Å². The van der Waals surface area contributed by atoms with Gasteiger partial charge in [0.25, 0.3) is 0 Å². The highest BCUT2D eigenvalue weighted by Crippen LogP contribution is 2.20. The number of nitrogens with two attached hydrogens (primary N) is 1. The van der Waals surface area contributed by atoms with E-state index in [1.165, 1.54) is 16.9 Å². The molecule has 0 aliphatic heterocycles. The minimum absolute atomic E-state index is 0.339. The van der Waals surface area contributed by atoms with E-state index in [9.17, 15) is 0 Å². The van der Waals surface area contributed by atoms with Gasteiger partial charge in [0.05, 0.1) is 5.69 Å². The van der Waals surface area contributed by atoms with E-state index < -0.39 is 0 Å². The van der Waals surface area contributed by atoms with Gasteiger partial charge in [-0.3, -0.25) is 0 Å². The second kappa shape index (κ2) is 6.73. The van der Waals surface area contributed by atoms with Crippen LogP contribution in [0.1, 0.15) is 22.0 Å². The number of rotatable bonds is 6. The van der Waals surface area contributed by atoms with Crippen molar-refractivity contribution in [1.82, 2.24) is 25.2 Å². The summed E-state index contributed by atoms with van der Waals surface area (Å²) in [5.74, 6) is 0. The first-order valence-corrected chi connectivity index (χ1v) is 7.62. The van der Waals surface area contributed by atoms with Crippen molar-refractivity contribution in [1.29, 1.82) is 0 Å². The van der Waals surface area contributed by atoms with E-state index >= 15 is 0 Å². The molecule has 0 radical (unpaired) electrons. The molecule has 8 heteroatoms. The average Bonchev–Trinajstić information content (AvgIpc) is 3.15. The average molecular weight is 316 g/mol. The van der Waals surface area contributed by atoms with E-state index in [2.05, 4.69) is 32.6 Å². The third kappa shape index (κ3) is 3.03. The Kier molecular flexibility index (Phi) is 4.52. The fourth-order valence-corrected chi connectivity index (χ4v) is 2.91. The number of ether oxygens (including phenoxy) is 1. The van der Waals surface area contributed by atoms with Crippen molar-refractivity contribution in [2.75, 3.05) is 7.11 Å². The summed E-state index contributed by atoms with van der Waals surface area (Å²) in [5.41, 5.74) is 8.66. The molecular formula is C14H16N6OS. The van der Waals surface area contributed by atoms with Gasteiger partial charge in [-0.2, -0.15) is 4.68 Å². The normalized spacial score (nSPS) is 11.0. The van der Waals surface area contributed by atoms with Gasteiger partial charge in [0.15, 0.2) is 0 Å². The predicted molar refractivity (Wildman–Crippen MR) is 82.7 cm³/mol. The monoisotopic (exact) mass is 316 g/mol. The van der Waals surface area contributed by atoms with E-state index in [4.69, 9.17) is 10.5 Å². The number of aromatic nitrogens is 5. The third-order valence-corrected chi connectivity index (χ3v) is 4.03. The lowest BCUT2D eigenvalue weighted by Gasteiger charge is -2.04. The van der Waals surface area contributed by atoms with Crippen LogP contribution < -0.4 is 5.73 Å². The topological polar surface area (TPSA) is 91.7 Å². The van der Waals surface area contributed by atoms with Crippen LogP contribution in [0.25, 0.3) is 5.13 Å². The second-order valence-electron chi connectivity index (χ2n) is 4.67. The molecule has 3 rings (SSSR count). The van der Waals surface area contributed by atoms with E-state index in [-0.39, 0.29) is 0 Å². The fraction of sp³-hybridized carbons (Fsp3) is 0.286. The summed E-state index contributed by atoms with van der Waals surface area (Å²) in [6.07, 6.45) is 0.694. The summed E-state index contributed by atoms with van der Waals surface area (Å²) >= 11 is 1.43. The Bertz CT molecular complexity index is 739. The Morgan fingerprint density at radius 1 is 1.18 bits per heavy atom. The molecular weight excluding hydrogens is 300 g/mol. The molecule has 0 aliphatic carbocycles. The summed E-state index contributed by atoms with van der Waals surface area (Å²) in [4.78, 5) is 0. The molecule has 0 saturated carbocycles. The Balaban J connectivity index is 1.95. The smallest absolute Gasteiger partial charge is 0.234 e. The molecule has 7 nitrogen and oxygen atoms in total. The highest BCUT2D eigenvalue weighted by atomic mass is 32.1. The molecule has 0 unspecified atom stereocenters. The van der Waals surface area contributed by atoms with Gasteiger partial charge in [-0.1, -0.05) is 46.9 Å². The Morgan fingerprint density at radius 2 is 2.00 bits per heavy atom. The number of hydrogen-bond acceptors (Lipinski definition) is 7. The van der Waals surface area contributed by atoms with Crippen molar-refractivity contribution in [3.8, 4) is 5.13 Å². The summed E-state index contributed by atoms with van der Waals surface area (Å²) in [6, 6.07) is 10.1. The summed E-state index contributed by atoms with van der Waals surface area (Å²) in [5, 5.41) is 18.1. The van der Waals surface area contributed by atoms with Gasteiger partial charge in [-0.15, -0.1) is 15.3 Å². The standard InChI is InChI=1S/C14H16N6OS/c1-21-9-13-17-18-14(22-13)20-12(11(8-15)16-19-20)7-10-5-3-2-4-6-10/h2-6H,7-9,15H2,1H3. The van der Waals surface area contributed by atoms with E-state index in [0.29, 0.717) is 24.7 Å². The van der Waals surface area contributed by atoms with Crippen LogP contribution in [-0.4, -0.2) is 32.3 Å². The van der Waals surface area contributed by atoms with Crippen LogP contribution in [0.3, 0.4) is 0 Å². The van der Waals surface area contributed by atoms with Gasteiger partial charge in [0, 0.05) is 20.1 Å². The second-order valence-corrected chi connectivity index (χ2v) is 5.71. The maximum Gasteiger partial charge on any atom is 0.234 e. The van der Waals surface area contributed by atoms with Crippen molar-refractivity contribution in [2.24, 2.45) is 5.73 Å². The van der Waals surface area contributed by atoms with Gasteiger partial charge >= 0.3 is 0 Å². The van der Waals surface area contributed by atoms with E-state index in [0.717, 1.165) is 16.4 Å². The molecule has 2 heterocycles. The van der Waals surface area contributed by atoms with Crippen molar-refractivity contribution in [2.45, 2.75) is 19.6 Å². The lowest BCUT2D eigenvalue weighted by molar-refractivity contribution is 0.184. The van der Waals surface area contributed by atoms with Gasteiger partial charge in [0.2, 0.25) is 5.13 Å². The molecule has 0 bridgehead atoms. The zero-order chi connectivity index (χ0) is 15.4. The number of benzene rings is 1. The SMILES string of the molecule is COCc1nnc(-n2nnc(CN)c2Cc2ccccc2)s1. The fourth-order valence-electron chi connectivity index (χ4n) is 2.12. The molecule has 2 N–H and O–H groups in total. The zero-order valence-electron chi connectivity index (χ0n) is 12.1. The maximum atomic E-state index is 5.78. The molecule has 0 amide bonds. The highest BCUT2D eigenvalue weighted by molar-refractivity contribution is 7.13. The molecule has 0 spiro atoms. The van der Waals surface area contributed by atoms with Crippen LogP contribution in [0, 0.1) is 0 Å². The van der Waals surface area contributed by atoms with E-state index in [1.54, 1.807) is 11.8 Å². The molecule has 0 saturated heterocycles. The first-order chi connectivity index (χ1) is 10.8. The van der Waals surface area contributed by atoms with Gasteiger partial charge < -0.3 is 10.5 Å². The number of nitrogens with zero attached hydrogens (tertiary/aromatic N) is 5. The minimum atomic E-state index is 0.339. The van der Waals surface area contributed by atoms with Crippen molar-refractivity contribution in [3.63, 3.8) is 0 Å². The molecule has 0 atom stereocenters. The first kappa shape index (κ1) is 14.8. The first-order valence-electron chi connectivity index (χ1n) is 6.81. The number of methoxy groups -OCH3 is 1. The highest BCUT2D eigenvalue weighted by Gasteiger charge is 2.17. The molecule has 114 valence electrons. The molecule has 2 aromatic heterocycles. The largest absolute Gasteiger partial charge is 0.377 e. The Hall–Kier alpha value is -2.16. The van der Waals surface area contributed by atoms with Crippen LogP contribution in [0.5, 0.6) is 0 Å². The summed E-state index contributed by atoms with van der Waals surface area (Å²) in [6.45, 7) is 0.774. The summed E-state index contributed by atoms with van der Waals surface area (Å²) < 4.78 is 6.79. The van der Waals surface area contributed by atoms with Crippen LogP contribution >= 0.6 is 11.3 Å². The van der Waals surface area contributed by atoms with Gasteiger partial charge in [-0.25, -0.2) is 0 Å². The van der Waals surface area contributed by atoms with Crippen LogP contribution in [0.15, 0.2) is 30.3 Å². The zero-order valence-corrected chi connectivity index (χ0v) is 13.0. The summed E-state index contributed by atoms with van der Waals surface area (Å²) in [7, 11) is 1.63.